The summed E-state index contributed by atoms with van der Waals surface area (Å²) >= 11 is 0. The van der Waals surface area contributed by atoms with Gasteiger partial charge in [0.05, 0.1) is 18.8 Å². The minimum absolute atomic E-state index is 0.0507. The van der Waals surface area contributed by atoms with E-state index in [9.17, 15) is 22.0 Å². The smallest absolute Gasteiger partial charge is 0.434 e. The lowest BCUT2D eigenvalue weighted by atomic mass is 10.1. The number of aromatic nitrogens is 3. The van der Waals surface area contributed by atoms with Crippen molar-refractivity contribution >= 4 is 5.82 Å². The number of hydrogen-bond acceptors (Lipinski definition) is 7. The molecule has 186 valence electrons. The van der Waals surface area contributed by atoms with Gasteiger partial charge in [-0.15, -0.1) is 0 Å². The highest BCUT2D eigenvalue weighted by atomic mass is 19.4. The maximum atomic E-state index is 13.8. The van der Waals surface area contributed by atoms with Crippen molar-refractivity contribution in [1.82, 2.24) is 15.1 Å². The second kappa shape index (κ2) is 9.53. The van der Waals surface area contributed by atoms with Crippen LogP contribution in [0.5, 0.6) is 11.5 Å². The maximum absolute atomic E-state index is 13.8. The van der Waals surface area contributed by atoms with Crippen LogP contribution in [0.15, 0.2) is 59.1 Å². The molecule has 36 heavy (non-hydrogen) atoms. The molecule has 1 aliphatic heterocycles. The Kier molecular flexibility index (Phi) is 6.27. The molecule has 12 heteroatoms. The van der Waals surface area contributed by atoms with Crippen LogP contribution in [0.1, 0.15) is 5.69 Å². The van der Waals surface area contributed by atoms with E-state index in [0.29, 0.717) is 37.6 Å². The zero-order valence-electron chi connectivity index (χ0n) is 18.4. The summed E-state index contributed by atoms with van der Waals surface area (Å²) in [6.07, 6.45) is -4.74. The summed E-state index contributed by atoms with van der Waals surface area (Å²) in [6, 6.07) is 12.0. The van der Waals surface area contributed by atoms with E-state index >= 15 is 0 Å². The fourth-order valence-corrected chi connectivity index (χ4v) is 3.60. The summed E-state index contributed by atoms with van der Waals surface area (Å²) in [7, 11) is 0. The standard InChI is InChI=1S/C24H17F5N4O3/c25-18-7-5-16(13-19(18)26)35-15-3-1-14(2-4-15)22-31-23(36-32-22)17-6-8-20(30-21(17)24(27,28)29)33-9-11-34-12-10-33/h1-8,13H,9-12H2. The topological polar surface area (TPSA) is 73.5 Å². The molecule has 1 aliphatic rings. The molecule has 2 aromatic heterocycles. The summed E-state index contributed by atoms with van der Waals surface area (Å²) in [6.45, 7) is 1.68. The predicted molar refractivity (Wildman–Crippen MR) is 117 cm³/mol. The Labute approximate surface area is 201 Å². The molecule has 5 rings (SSSR count). The molecule has 0 radical (unpaired) electrons. The third-order valence-corrected chi connectivity index (χ3v) is 5.38. The molecule has 7 nitrogen and oxygen atoms in total. The Morgan fingerprint density at radius 2 is 1.56 bits per heavy atom. The number of ether oxygens (including phenoxy) is 2. The summed E-state index contributed by atoms with van der Waals surface area (Å²) in [4.78, 5) is 9.67. The maximum Gasteiger partial charge on any atom is 0.434 e. The van der Waals surface area contributed by atoms with Gasteiger partial charge in [0.2, 0.25) is 5.82 Å². The van der Waals surface area contributed by atoms with Crippen LogP contribution >= 0.6 is 0 Å². The van der Waals surface area contributed by atoms with Crippen molar-refractivity contribution in [3.05, 3.63) is 71.9 Å². The van der Waals surface area contributed by atoms with Crippen molar-refractivity contribution in [3.63, 3.8) is 0 Å². The molecule has 0 bridgehead atoms. The second-order valence-electron chi connectivity index (χ2n) is 7.79. The van der Waals surface area contributed by atoms with Gasteiger partial charge in [-0.05, 0) is 48.5 Å². The Balaban J connectivity index is 1.38. The van der Waals surface area contributed by atoms with E-state index in [1.54, 1.807) is 17.0 Å². The zero-order valence-corrected chi connectivity index (χ0v) is 18.4. The van der Waals surface area contributed by atoms with Crippen LogP contribution in [-0.4, -0.2) is 41.4 Å². The van der Waals surface area contributed by atoms with Crippen LogP contribution in [0.3, 0.4) is 0 Å². The number of hydrogen-bond donors (Lipinski definition) is 0. The molecule has 2 aromatic carbocycles. The molecule has 0 unspecified atom stereocenters. The van der Waals surface area contributed by atoms with Crippen LogP contribution in [0.2, 0.25) is 0 Å². The van der Waals surface area contributed by atoms with Gasteiger partial charge in [-0.3, -0.25) is 0 Å². The molecule has 3 heterocycles. The van der Waals surface area contributed by atoms with Crippen molar-refractivity contribution in [2.75, 3.05) is 31.2 Å². The van der Waals surface area contributed by atoms with Gasteiger partial charge in [0.15, 0.2) is 17.3 Å². The van der Waals surface area contributed by atoms with E-state index in [0.717, 1.165) is 12.1 Å². The molecule has 4 aromatic rings. The average molecular weight is 504 g/mol. The molecule has 0 amide bonds. The number of benzene rings is 2. The van der Waals surface area contributed by atoms with E-state index in [4.69, 9.17) is 14.0 Å². The molecule has 1 fully saturated rings. The van der Waals surface area contributed by atoms with Crippen LogP contribution < -0.4 is 9.64 Å². The molecule has 0 spiro atoms. The van der Waals surface area contributed by atoms with E-state index in [1.807, 2.05) is 0 Å². The zero-order chi connectivity index (χ0) is 25.3. The first kappa shape index (κ1) is 23.7. The van der Waals surface area contributed by atoms with Gasteiger partial charge >= 0.3 is 6.18 Å². The Morgan fingerprint density at radius 1 is 0.833 bits per heavy atom. The number of halogens is 5. The molecule has 0 saturated carbocycles. The summed E-state index contributed by atoms with van der Waals surface area (Å²) in [5, 5.41) is 3.79. The fraction of sp³-hybridized carbons (Fsp3) is 0.208. The second-order valence-corrected chi connectivity index (χ2v) is 7.79. The number of rotatable bonds is 5. The van der Waals surface area contributed by atoms with E-state index < -0.39 is 23.5 Å². The highest BCUT2D eigenvalue weighted by Gasteiger charge is 2.38. The average Bonchev–Trinajstić information content (AvgIpc) is 3.37. The molecule has 0 atom stereocenters. The van der Waals surface area contributed by atoms with Crippen molar-refractivity contribution in [2.45, 2.75) is 6.18 Å². The van der Waals surface area contributed by atoms with Crippen molar-refractivity contribution in [1.29, 1.82) is 0 Å². The lowest BCUT2D eigenvalue weighted by Gasteiger charge is -2.28. The van der Waals surface area contributed by atoms with Gasteiger partial charge < -0.3 is 18.9 Å². The first-order chi connectivity index (χ1) is 17.3. The first-order valence-electron chi connectivity index (χ1n) is 10.8. The lowest BCUT2D eigenvalue weighted by molar-refractivity contribution is -0.140. The van der Waals surface area contributed by atoms with E-state index in [2.05, 4.69) is 15.1 Å². The Bertz CT molecular complexity index is 1370. The molecular formula is C24H17F5N4O3. The number of nitrogens with zero attached hydrogens (tertiary/aromatic N) is 4. The Morgan fingerprint density at radius 3 is 2.25 bits per heavy atom. The van der Waals surface area contributed by atoms with Gasteiger partial charge in [0.25, 0.3) is 5.89 Å². The fourth-order valence-electron chi connectivity index (χ4n) is 3.60. The number of alkyl halides is 3. The van der Waals surface area contributed by atoms with Gasteiger partial charge in [-0.2, -0.15) is 18.2 Å². The predicted octanol–water partition coefficient (Wildman–Crippen LogP) is 5.72. The Hall–Kier alpha value is -4.06. The molecule has 0 N–H and O–H groups in total. The van der Waals surface area contributed by atoms with Gasteiger partial charge in [-0.1, -0.05) is 5.16 Å². The first-order valence-corrected chi connectivity index (χ1v) is 10.8. The molecular weight excluding hydrogens is 487 g/mol. The minimum Gasteiger partial charge on any atom is -0.457 e. The van der Waals surface area contributed by atoms with Gasteiger partial charge in [0, 0.05) is 24.7 Å². The molecule has 0 aliphatic carbocycles. The third-order valence-electron chi connectivity index (χ3n) is 5.38. The van der Waals surface area contributed by atoms with Crippen LogP contribution in [-0.2, 0) is 10.9 Å². The third kappa shape index (κ3) is 4.98. The monoisotopic (exact) mass is 504 g/mol. The summed E-state index contributed by atoms with van der Waals surface area (Å²) < 4.78 is 83.8. The van der Waals surface area contributed by atoms with Crippen LogP contribution in [0.25, 0.3) is 22.8 Å². The van der Waals surface area contributed by atoms with Crippen molar-refractivity contribution in [2.24, 2.45) is 0 Å². The normalized spacial score (nSPS) is 14.2. The van der Waals surface area contributed by atoms with Crippen molar-refractivity contribution < 1.29 is 35.9 Å². The van der Waals surface area contributed by atoms with Crippen LogP contribution in [0.4, 0.5) is 27.8 Å². The number of anilines is 1. The largest absolute Gasteiger partial charge is 0.457 e. The SMILES string of the molecule is Fc1ccc(Oc2ccc(-c3noc(-c4ccc(N5CCOCC5)nc4C(F)(F)F)n3)cc2)cc1F. The number of morpholine rings is 1. The lowest BCUT2D eigenvalue weighted by Crippen LogP contribution is -2.37. The quantitative estimate of drug-likeness (QED) is 0.322. The van der Waals surface area contributed by atoms with E-state index in [1.165, 1.54) is 30.3 Å². The van der Waals surface area contributed by atoms with E-state index in [-0.39, 0.29) is 28.8 Å². The van der Waals surface area contributed by atoms with Crippen molar-refractivity contribution in [3.8, 4) is 34.3 Å². The van der Waals surface area contributed by atoms with Crippen LogP contribution in [0, 0.1) is 11.6 Å². The molecule has 1 saturated heterocycles. The highest BCUT2D eigenvalue weighted by Crippen LogP contribution is 2.37. The summed E-state index contributed by atoms with van der Waals surface area (Å²) in [5.74, 6) is -1.73. The van der Waals surface area contributed by atoms with Gasteiger partial charge in [-0.25, -0.2) is 13.8 Å². The van der Waals surface area contributed by atoms with Gasteiger partial charge in [0.1, 0.15) is 17.3 Å². The minimum atomic E-state index is -4.74. The summed E-state index contributed by atoms with van der Waals surface area (Å²) in [5.41, 5.74) is -1.03. The highest BCUT2D eigenvalue weighted by molar-refractivity contribution is 5.64. The number of pyridine rings is 1.